The van der Waals surface area contributed by atoms with Crippen molar-refractivity contribution in [3.8, 4) is 34.1 Å². The summed E-state index contributed by atoms with van der Waals surface area (Å²) in [6.45, 7) is 2.27. The Labute approximate surface area is 110 Å². The molecule has 0 fully saturated rings. The number of rotatable bonds is 0. The molecular formula is C15H14O4. The van der Waals surface area contributed by atoms with Crippen molar-refractivity contribution in [3.63, 3.8) is 0 Å². The summed E-state index contributed by atoms with van der Waals surface area (Å²) in [7, 11) is 0. The van der Waals surface area contributed by atoms with Gasteiger partial charge in [-0.2, -0.15) is 0 Å². The number of phenols is 2. The summed E-state index contributed by atoms with van der Waals surface area (Å²) in [5.41, 5.74) is 0.921. The zero-order chi connectivity index (χ0) is 13.4. The Bertz CT molecular complexity index is 622. The van der Waals surface area contributed by atoms with Gasteiger partial charge in [0.15, 0.2) is 0 Å². The summed E-state index contributed by atoms with van der Waals surface area (Å²) in [5.74, 6) is 1.19. The van der Waals surface area contributed by atoms with E-state index in [0.29, 0.717) is 29.2 Å². The van der Waals surface area contributed by atoms with E-state index in [0.717, 1.165) is 0 Å². The standard InChI is InChI=1S/C15H14O4/c1-9-8-18-12-6-2-4-10(16)14(12)15-11(17)5-3-7-13(15)19-9/h2-7,9,16-17H,8H2,1H3/t9-/m0/s1. The Morgan fingerprint density at radius 2 is 1.53 bits per heavy atom. The van der Waals surface area contributed by atoms with Crippen molar-refractivity contribution in [3.05, 3.63) is 36.4 Å². The van der Waals surface area contributed by atoms with Crippen LogP contribution in [0.25, 0.3) is 11.1 Å². The van der Waals surface area contributed by atoms with Gasteiger partial charge in [0.25, 0.3) is 0 Å². The molecule has 1 atom stereocenters. The molecule has 0 saturated carbocycles. The van der Waals surface area contributed by atoms with Gasteiger partial charge in [0, 0.05) is 0 Å². The number of hydrogen-bond donors (Lipinski definition) is 2. The number of hydrogen-bond acceptors (Lipinski definition) is 4. The van der Waals surface area contributed by atoms with Gasteiger partial charge in [-0.25, -0.2) is 0 Å². The Balaban J connectivity index is 2.32. The average molecular weight is 258 g/mol. The fourth-order valence-electron chi connectivity index (χ4n) is 2.22. The van der Waals surface area contributed by atoms with Gasteiger partial charge in [0.2, 0.25) is 0 Å². The first-order valence-corrected chi connectivity index (χ1v) is 6.10. The number of fused-ring (bicyclic) bond motifs is 3. The molecule has 0 saturated heterocycles. The highest BCUT2D eigenvalue weighted by atomic mass is 16.5. The molecule has 4 nitrogen and oxygen atoms in total. The van der Waals surface area contributed by atoms with E-state index in [-0.39, 0.29) is 17.6 Å². The van der Waals surface area contributed by atoms with Crippen LogP contribution in [0, 0.1) is 0 Å². The van der Waals surface area contributed by atoms with Gasteiger partial charge in [-0.3, -0.25) is 0 Å². The van der Waals surface area contributed by atoms with E-state index in [1.807, 2.05) is 6.92 Å². The van der Waals surface area contributed by atoms with Crippen molar-refractivity contribution in [1.82, 2.24) is 0 Å². The third kappa shape index (κ3) is 1.95. The number of aromatic hydroxyl groups is 2. The number of phenolic OH excluding ortho intramolecular Hbond substituents is 2. The molecule has 0 radical (unpaired) electrons. The van der Waals surface area contributed by atoms with Gasteiger partial charge < -0.3 is 19.7 Å². The molecule has 2 aromatic rings. The van der Waals surface area contributed by atoms with Gasteiger partial charge in [0.05, 0.1) is 11.1 Å². The van der Waals surface area contributed by atoms with E-state index in [1.54, 1.807) is 36.4 Å². The van der Waals surface area contributed by atoms with E-state index >= 15 is 0 Å². The smallest absolute Gasteiger partial charge is 0.131 e. The summed E-state index contributed by atoms with van der Waals surface area (Å²) >= 11 is 0. The third-order valence-electron chi connectivity index (χ3n) is 3.06. The molecule has 0 aliphatic carbocycles. The topological polar surface area (TPSA) is 58.9 Å². The second-order valence-corrected chi connectivity index (χ2v) is 4.54. The van der Waals surface area contributed by atoms with Gasteiger partial charge in [-0.1, -0.05) is 12.1 Å². The largest absolute Gasteiger partial charge is 0.507 e. The average Bonchev–Trinajstić information content (AvgIpc) is 2.36. The third-order valence-corrected chi connectivity index (χ3v) is 3.06. The molecule has 3 rings (SSSR count). The summed E-state index contributed by atoms with van der Waals surface area (Å²) in [6, 6.07) is 10.1. The zero-order valence-electron chi connectivity index (χ0n) is 10.5. The summed E-state index contributed by atoms with van der Waals surface area (Å²) < 4.78 is 11.4. The van der Waals surface area contributed by atoms with Crippen LogP contribution in [0.15, 0.2) is 36.4 Å². The first-order chi connectivity index (χ1) is 9.16. The van der Waals surface area contributed by atoms with Crippen molar-refractivity contribution in [2.75, 3.05) is 6.61 Å². The molecule has 1 heterocycles. The molecule has 2 N–H and O–H groups in total. The van der Waals surface area contributed by atoms with Gasteiger partial charge >= 0.3 is 0 Å². The van der Waals surface area contributed by atoms with E-state index in [1.165, 1.54) is 0 Å². The minimum Gasteiger partial charge on any atom is -0.507 e. The maximum absolute atomic E-state index is 10.1. The Morgan fingerprint density at radius 3 is 2.21 bits per heavy atom. The van der Waals surface area contributed by atoms with Crippen LogP contribution in [-0.4, -0.2) is 22.9 Å². The van der Waals surface area contributed by atoms with Crippen LogP contribution in [0.4, 0.5) is 0 Å². The Morgan fingerprint density at radius 1 is 0.947 bits per heavy atom. The Kier molecular flexibility index (Phi) is 2.71. The fraction of sp³-hybridized carbons (Fsp3) is 0.200. The van der Waals surface area contributed by atoms with Crippen LogP contribution < -0.4 is 9.47 Å². The van der Waals surface area contributed by atoms with Crippen molar-refractivity contribution < 1.29 is 19.7 Å². The van der Waals surface area contributed by atoms with E-state index in [2.05, 4.69) is 0 Å². The summed E-state index contributed by atoms with van der Waals surface area (Å²) in [4.78, 5) is 0. The Hall–Kier alpha value is -2.36. The van der Waals surface area contributed by atoms with E-state index in [4.69, 9.17) is 9.47 Å². The molecule has 0 amide bonds. The molecule has 2 aromatic carbocycles. The number of benzene rings is 2. The predicted octanol–water partition coefficient (Wildman–Crippen LogP) is 2.92. The van der Waals surface area contributed by atoms with Crippen molar-refractivity contribution >= 4 is 0 Å². The van der Waals surface area contributed by atoms with Crippen molar-refractivity contribution in [1.29, 1.82) is 0 Å². The molecule has 1 aliphatic rings. The minimum atomic E-state index is -0.143. The van der Waals surface area contributed by atoms with E-state index in [9.17, 15) is 10.2 Å². The second-order valence-electron chi connectivity index (χ2n) is 4.54. The molecule has 0 unspecified atom stereocenters. The lowest BCUT2D eigenvalue weighted by Gasteiger charge is -2.24. The fourth-order valence-corrected chi connectivity index (χ4v) is 2.22. The molecule has 19 heavy (non-hydrogen) atoms. The lowest BCUT2D eigenvalue weighted by molar-refractivity contribution is 0.140. The normalized spacial score (nSPS) is 17.2. The van der Waals surface area contributed by atoms with Crippen LogP contribution in [0.5, 0.6) is 23.0 Å². The maximum Gasteiger partial charge on any atom is 0.131 e. The monoisotopic (exact) mass is 258 g/mol. The zero-order valence-corrected chi connectivity index (χ0v) is 10.5. The van der Waals surface area contributed by atoms with E-state index < -0.39 is 0 Å². The summed E-state index contributed by atoms with van der Waals surface area (Å²) in [6.07, 6.45) is -0.143. The molecule has 4 heteroatoms. The molecule has 0 spiro atoms. The minimum absolute atomic E-state index is 0.0537. The SMILES string of the molecule is C[C@H]1COc2cccc(O)c2-c2c(O)cccc2O1. The van der Waals surface area contributed by atoms with Crippen LogP contribution in [0.1, 0.15) is 6.92 Å². The summed E-state index contributed by atoms with van der Waals surface area (Å²) in [5, 5.41) is 20.1. The first kappa shape index (κ1) is 11.7. The van der Waals surface area contributed by atoms with Gasteiger partial charge in [-0.15, -0.1) is 0 Å². The predicted molar refractivity (Wildman–Crippen MR) is 70.8 cm³/mol. The highest BCUT2D eigenvalue weighted by Gasteiger charge is 2.23. The molecule has 98 valence electrons. The van der Waals surface area contributed by atoms with Crippen LogP contribution in [-0.2, 0) is 0 Å². The highest BCUT2D eigenvalue weighted by molar-refractivity contribution is 5.85. The number of ether oxygens (including phenoxy) is 2. The quantitative estimate of drug-likeness (QED) is 0.762. The molecular weight excluding hydrogens is 244 g/mol. The molecule has 1 aliphatic heterocycles. The van der Waals surface area contributed by atoms with Crippen molar-refractivity contribution in [2.24, 2.45) is 0 Å². The lowest BCUT2D eigenvalue weighted by atomic mass is 10.0. The lowest BCUT2D eigenvalue weighted by Crippen LogP contribution is -2.23. The highest BCUT2D eigenvalue weighted by Crippen LogP contribution is 2.47. The van der Waals surface area contributed by atoms with Crippen molar-refractivity contribution in [2.45, 2.75) is 13.0 Å². The van der Waals surface area contributed by atoms with Crippen LogP contribution >= 0.6 is 0 Å². The van der Waals surface area contributed by atoms with Crippen LogP contribution in [0.3, 0.4) is 0 Å². The van der Waals surface area contributed by atoms with Gasteiger partial charge in [0.1, 0.15) is 35.7 Å². The first-order valence-electron chi connectivity index (χ1n) is 6.10. The molecule has 0 bridgehead atoms. The van der Waals surface area contributed by atoms with Crippen LogP contribution in [0.2, 0.25) is 0 Å². The van der Waals surface area contributed by atoms with Gasteiger partial charge in [-0.05, 0) is 31.2 Å². The molecule has 0 aromatic heterocycles. The second kappa shape index (κ2) is 4.39. The maximum atomic E-state index is 10.1.